The molecule has 0 unspecified atom stereocenters. The molecule has 0 fully saturated rings. The van der Waals surface area contributed by atoms with Crippen LogP contribution in [0.4, 0.5) is 9.59 Å². The molecule has 2 amide bonds. The summed E-state index contributed by atoms with van der Waals surface area (Å²) >= 11 is 0. The number of nitrogens with zero attached hydrogens (tertiary/aromatic N) is 1. The predicted molar refractivity (Wildman–Crippen MR) is 139 cm³/mol. The van der Waals surface area contributed by atoms with Crippen molar-refractivity contribution in [1.29, 1.82) is 0 Å². The highest BCUT2D eigenvalue weighted by atomic mass is 28.3. The number of hydrogen-bond acceptors (Lipinski definition) is 8. The van der Waals surface area contributed by atoms with E-state index in [1.165, 1.54) is 20.8 Å². The van der Waals surface area contributed by atoms with E-state index in [9.17, 15) is 34.2 Å². The third-order valence-corrected chi connectivity index (χ3v) is 6.63. The summed E-state index contributed by atoms with van der Waals surface area (Å²) in [7, 11) is -1.59. The molecule has 1 rings (SSSR count). The van der Waals surface area contributed by atoms with Crippen molar-refractivity contribution >= 4 is 38.2 Å². The van der Waals surface area contributed by atoms with Crippen molar-refractivity contribution in [3.8, 4) is 0 Å². The summed E-state index contributed by atoms with van der Waals surface area (Å²) in [6.07, 6.45) is -3.16. The van der Waals surface area contributed by atoms with E-state index >= 15 is 0 Å². The van der Waals surface area contributed by atoms with Crippen LogP contribution in [0.5, 0.6) is 0 Å². The smallest absolute Gasteiger partial charge is 0.411 e. The fourth-order valence-corrected chi connectivity index (χ4v) is 3.70. The number of aliphatic carboxylic acids is 2. The molecule has 0 aliphatic rings. The first-order valence-corrected chi connectivity index (χ1v) is 15.8. The molecule has 0 spiro atoms. The van der Waals surface area contributed by atoms with Crippen LogP contribution in [-0.2, 0) is 35.2 Å². The molecule has 1 aromatic carbocycles. The Balaban J connectivity index is 3.21. The maximum atomic E-state index is 13.0. The van der Waals surface area contributed by atoms with Crippen molar-refractivity contribution in [3.05, 3.63) is 35.9 Å². The molecule has 0 saturated heterocycles. The number of esters is 1. The minimum absolute atomic E-state index is 0.0513. The second kappa shape index (κ2) is 14.4. The molecule has 0 saturated carbocycles. The lowest BCUT2D eigenvalue weighted by atomic mass is 10.1. The van der Waals surface area contributed by atoms with E-state index in [-0.39, 0.29) is 13.2 Å². The van der Waals surface area contributed by atoms with Crippen LogP contribution >= 0.6 is 0 Å². The maximum Gasteiger partial charge on any atom is 0.411 e. The van der Waals surface area contributed by atoms with Gasteiger partial charge in [0.2, 0.25) is 0 Å². The molecule has 0 heterocycles. The molecule has 1 aromatic rings. The summed E-state index contributed by atoms with van der Waals surface area (Å²) in [5.41, 5.74) is -0.378. The Hall–Kier alpha value is -3.61. The van der Waals surface area contributed by atoms with Gasteiger partial charge in [-0.15, -0.1) is 0 Å². The zero-order valence-corrected chi connectivity index (χ0v) is 23.7. The van der Waals surface area contributed by atoms with Crippen molar-refractivity contribution in [2.75, 3.05) is 13.2 Å². The number of amides is 2. The number of ether oxygens (including phenoxy) is 3. The van der Waals surface area contributed by atoms with E-state index in [0.717, 1.165) is 0 Å². The zero-order chi connectivity index (χ0) is 29.1. The van der Waals surface area contributed by atoms with Gasteiger partial charge >= 0.3 is 30.1 Å². The van der Waals surface area contributed by atoms with Crippen molar-refractivity contribution in [2.45, 2.75) is 77.2 Å². The number of benzene rings is 1. The number of rotatable bonds is 13. The summed E-state index contributed by atoms with van der Waals surface area (Å²) in [6, 6.07) is 5.91. The largest absolute Gasteiger partial charge is 0.481 e. The van der Waals surface area contributed by atoms with Gasteiger partial charge in [0.15, 0.2) is 0 Å². The van der Waals surface area contributed by atoms with Gasteiger partial charge in [0.25, 0.3) is 0 Å². The third-order valence-electron chi connectivity index (χ3n) is 4.92. The number of carboxylic acids is 2. The highest BCUT2D eigenvalue weighted by Gasteiger charge is 2.38. The quantitative estimate of drug-likeness (QED) is 0.187. The van der Waals surface area contributed by atoms with Crippen LogP contribution < -0.4 is 5.32 Å². The number of hydrogen-bond donors (Lipinski definition) is 3. The lowest BCUT2D eigenvalue weighted by Crippen LogP contribution is -2.56. The number of carbonyl (C=O) groups excluding carboxylic acids is 3. The van der Waals surface area contributed by atoms with Gasteiger partial charge in [-0.1, -0.05) is 50.0 Å². The van der Waals surface area contributed by atoms with Crippen LogP contribution in [-0.4, -0.2) is 84.1 Å². The van der Waals surface area contributed by atoms with Gasteiger partial charge in [-0.3, -0.25) is 9.69 Å². The van der Waals surface area contributed by atoms with Crippen LogP contribution in [0.1, 0.15) is 32.8 Å². The van der Waals surface area contributed by atoms with Crippen LogP contribution in [0.3, 0.4) is 0 Å². The van der Waals surface area contributed by atoms with E-state index in [4.69, 9.17) is 14.2 Å². The molecule has 0 aromatic heterocycles. The lowest BCUT2D eigenvalue weighted by Gasteiger charge is -2.33. The predicted octanol–water partition coefficient (Wildman–Crippen LogP) is 3.33. The Morgan fingerprint density at radius 1 is 1.00 bits per heavy atom. The van der Waals surface area contributed by atoms with Crippen molar-refractivity contribution in [3.63, 3.8) is 0 Å². The lowest BCUT2D eigenvalue weighted by molar-refractivity contribution is -0.151. The molecule has 3 N–H and O–H groups in total. The molecule has 12 nitrogen and oxygen atoms in total. The number of carbonyl (C=O) groups is 5. The second-order valence-corrected chi connectivity index (χ2v) is 16.4. The summed E-state index contributed by atoms with van der Waals surface area (Å²) in [5, 5.41) is 21.2. The van der Waals surface area contributed by atoms with Gasteiger partial charge < -0.3 is 29.7 Å². The molecule has 2 atom stereocenters. The Kier molecular flexibility index (Phi) is 12.2. The maximum absolute atomic E-state index is 13.0. The number of nitrogens with one attached hydrogen (secondary N) is 1. The van der Waals surface area contributed by atoms with Crippen LogP contribution in [0.15, 0.2) is 30.3 Å². The molecular weight excluding hydrogens is 516 g/mol. The topological polar surface area (TPSA) is 169 Å². The molecule has 13 heteroatoms. The monoisotopic (exact) mass is 554 g/mol. The summed E-state index contributed by atoms with van der Waals surface area (Å²) < 4.78 is 15.8. The summed E-state index contributed by atoms with van der Waals surface area (Å²) in [6.45, 7) is 10.0. The molecule has 38 heavy (non-hydrogen) atoms. The highest BCUT2D eigenvalue weighted by Crippen LogP contribution is 2.16. The van der Waals surface area contributed by atoms with E-state index in [1.54, 1.807) is 30.3 Å². The molecule has 0 bridgehead atoms. The van der Waals surface area contributed by atoms with Gasteiger partial charge in [-0.2, -0.15) is 0 Å². The zero-order valence-electron chi connectivity index (χ0n) is 22.7. The van der Waals surface area contributed by atoms with Crippen molar-refractivity contribution in [1.82, 2.24) is 10.2 Å². The standard InChI is InChI=1S/C25H38N2O10Si/c1-25(2,3)37-24(34)27(19(21(30)31)14-20(28)29)15-18(22(32)35-12-13-38(4,5)6)26-23(33)36-16-17-10-8-7-9-11-17/h7-11,18-19H,12-16H2,1-6H3,(H,26,33)(H,28,29)(H,30,31)/t18-,19+/m1/s1. The first kappa shape index (κ1) is 32.4. The Morgan fingerprint density at radius 3 is 2.11 bits per heavy atom. The normalized spacial score (nSPS) is 13.0. The molecule has 0 aliphatic carbocycles. The minimum atomic E-state index is -1.89. The SMILES string of the molecule is CC(C)(C)OC(=O)N(C[C@@H](NC(=O)OCc1ccccc1)C(=O)OCC[Si](C)(C)C)[C@@H](CC(=O)O)C(=O)O. The van der Waals surface area contributed by atoms with Gasteiger partial charge in [0.05, 0.1) is 19.6 Å². The molecule has 0 aliphatic heterocycles. The van der Waals surface area contributed by atoms with E-state index in [0.29, 0.717) is 16.5 Å². The third kappa shape index (κ3) is 13.1. The Labute approximate surface area is 223 Å². The molecule has 212 valence electrons. The first-order valence-electron chi connectivity index (χ1n) is 12.1. The first-order chi connectivity index (χ1) is 17.5. The second-order valence-electron chi connectivity index (χ2n) is 10.8. The van der Waals surface area contributed by atoms with E-state index in [2.05, 4.69) is 25.0 Å². The van der Waals surface area contributed by atoms with Crippen LogP contribution in [0, 0.1) is 0 Å². The molecule has 0 radical (unpaired) electrons. The molecular formula is C25H38N2O10Si. The van der Waals surface area contributed by atoms with Crippen molar-refractivity contribution in [2.24, 2.45) is 0 Å². The van der Waals surface area contributed by atoms with Crippen LogP contribution in [0.2, 0.25) is 25.7 Å². The average molecular weight is 555 g/mol. The number of alkyl carbamates (subject to hydrolysis) is 1. The van der Waals surface area contributed by atoms with Crippen LogP contribution in [0.25, 0.3) is 0 Å². The summed E-state index contributed by atoms with van der Waals surface area (Å²) in [4.78, 5) is 62.3. The van der Waals surface area contributed by atoms with Crippen molar-refractivity contribution < 1.29 is 48.4 Å². The van der Waals surface area contributed by atoms with Gasteiger partial charge in [0.1, 0.15) is 24.3 Å². The Morgan fingerprint density at radius 2 is 1.61 bits per heavy atom. The minimum Gasteiger partial charge on any atom is -0.481 e. The van der Waals surface area contributed by atoms with Gasteiger partial charge in [-0.25, -0.2) is 19.2 Å². The number of carboxylic acid groups (broad SMARTS) is 2. The average Bonchev–Trinajstić information content (AvgIpc) is 2.77. The summed E-state index contributed by atoms with van der Waals surface area (Å²) in [5.74, 6) is -4.06. The van der Waals surface area contributed by atoms with E-state index < -0.39 is 68.8 Å². The highest BCUT2D eigenvalue weighted by molar-refractivity contribution is 6.76. The van der Waals surface area contributed by atoms with Gasteiger partial charge in [0, 0.05) is 8.07 Å². The van der Waals surface area contributed by atoms with Gasteiger partial charge in [-0.05, 0) is 32.4 Å². The Bertz CT molecular complexity index is 973. The van der Waals surface area contributed by atoms with E-state index in [1.807, 2.05) is 0 Å². The fourth-order valence-electron chi connectivity index (χ4n) is 2.99. The fraction of sp³-hybridized carbons (Fsp3) is 0.560.